The molecule has 4 aromatic rings. The largest absolute Gasteiger partial charge is 0.459 e. The van der Waals surface area contributed by atoms with Crippen molar-refractivity contribution < 1.29 is 23.0 Å². The number of ether oxygens (including phenoxy) is 2. The first-order valence-electron chi connectivity index (χ1n) is 9.89. The number of benzene rings is 2. The minimum absolute atomic E-state index is 0.00426. The van der Waals surface area contributed by atoms with Crippen LogP contribution >= 0.6 is 0 Å². The fraction of sp³-hybridized carbons (Fsp3) is 0.0870. The van der Waals surface area contributed by atoms with Crippen LogP contribution in [-0.4, -0.2) is 26.3 Å². The Kier molecular flexibility index (Phi) is 8.74. The standard InChI is InChI=1S/C12H10FN3O2.C11H10FN3O/c13-10-6-14-12(16-11(10)15-8-17)18-7-9-4-2-1-3-5-9;12-9-6-14-11(15-10(9)13)16-7-8-4-2-1-3-5-8/h1-6,8H,7H2,(H,14,15,16,17);1-6H,7H2,(H2,13,14,15). The van der Waals surface area contributed by atoms with Crippen LogP contribution in [0, 0.1) is 11.6 Å². The maximum Gasteiger partial charge on any atom is 0.318 e. The van der Waals surface area contributed by atoms with E-state index in [0.717, 1.165) is 23.5 Å². The number of nitrogens with one attached hydrogen (secondary N) is 1. The van der Waals surface area contributed by atoms with Gasteiger partial charge < -0.3 is 20.5 Å². The van der Waals surface area contributed by atoms with Gasteiger partial charge >= 0.3 is 12.0 Å². The van der Waals surface area contributed by atoms with Gasteiger partial charge in [-0.2, -0.15) is 9.97 Å². The van der Waals surface area contributed by atoms with Crippen molar-refractivity contribution in [3.63, 3.8) is 0 Å². The van der Waals surface area contributed by atoms with Gasteiger partial charge in [0.25, 0.3) is 0 Å². The van der Waals surface area contributed by atoms with Crippen LogP contribution in [0.15, 0.2) is 73.1 Å². The molecular formula is C23H20F2N6O3. The number of aromatic nitrogens is 4. The van der Waals surface area contributed by atoms with Gasteiger partial charge in [0.1, 0.15) is 13.2 Å². The van der Waals surface area contributed by atoms with Gasteiger partial charge in [0, 0.05) is 0 Å². The van der Waals surface area contributed by atoms with Crippen LogP contribution < -0.4 is 20.5 Å². The first kappa shape index (κ1) is 24.0. The molecule has 0 radical (unpaired) electrons. The van der Waals surface area contributed by atoms with Crippen LogP contribution in [0.25, 0.3) is 0 Å². The summed E-state index contributed by atoms with van der Waals surface area (Å²) in [5.41, 5.74) is 7.20. The molecule has 0 aliphatic rings. The van der Waals surface area contributed by atoms with Crippen LogP contribution in [0.4, 0.5) is 20.4 Å². The van der Waals surface area contributed by atoms with E-state index in [9.17, 15) is 13.6 Å². The molecule has 4 rings (SSSR count). The molecule has 0 saturated heterocycles. The molecule has 1 amide bonds. The first-order chi connectivity index (χ1) is 16.5. The lowest BCUT2D eigenvalue weighted by molar-refractivity contribution is -0.105. The Hall–Kier alpha value is -4.67. The highest BCUT2D eigenvalue weighted by Crippen LogP contribution is 2.14. The number of nitrogen functional groups attached to an aromatic ring is 1. The number of anilines is 2. The van der Waals surface area contributed by atoms with Gasteiger partial charge in [-0.3, -0.25) is 4.79 Å². The molecular weight excluding hydrogens is 446 g/mol. The van der Waals surface area contributed by atoms with Crippen molar-refractivity contribution in [2.45, 2.75) is 13.2 Å². The summed E-state index contributed by atoms with van der Waals surface area (Å²) in [6.45, 7) is 0.596. The second-order valence-corrected chi connectivity index (χ2v) is 6.55. The zero-order chi connectivity index (χ0) is 24.2. The van der Waals surface area contributed by atoms with E-state index >= 15 is 0 Å². The summed E-state index contributed by atoms with van der Waals surface area (Å²) < 4.78 is 36.4. The second-order valence-electron chi connectivity index (χ2n) is 6.55. The van der Waals surface area contributed by atoms with Crippen molar-refractivity contribution in [1.82, 2.24) is 19.9 Å². The number of hydrogen-bond acceptors (Lipinski definition) is 8. The normalized spacial score (nSPS) is 9.94. The summed E-state index contributed by atoms with van der Waals surface area (Å²) in [5.74, 6) is -1.78. The summed E-state index contributed by atoms with van der Waals surface area (Å²) >= 11 is 0. The quantitative estimate of drug-likeness (QED) is 0.378. The molecule has 0 saturated carbocycles. The predicted molar refractivity (Wildman–Crippen MR) is 120 cm³/mol. The Labute approximate surface area is 193 Å². The van der Waals surface area contributed by atoms with Crippen molar-refractivity contribution in [2.75, 3.05) is 11.1 Å². The fourth-order valence-electron chi connectivity index (χ4n) is 2.45. The number of hydrogen-bond donors (Lipinski definition) is 2. The maximum atomic E-state index is 13.1. The van der Waals surface area contributed by atoms with Crippen molar-refractivity contribution in [1.29, 1.82) is 0 Å². The van der Waals surface area contributed by atoms with Gasteiger partial charge in [-0.25, -0.2) is 18.7 Å². The lowest BCUT2D eigenvalue weighted by atomic mass is 10.2. The third kappa shape index (κ3) is 7.48. The van der Waals surface area contributed by atoms with E-state index in [0.29, 0.717) is 13.0 Å². The molecule has 34 heavy (non-hydrogen) atoms. The number of carbonyl (C=O) groups is 1. The van der Waals surface area contributed by atoms with Crippen LogP contribution in [0.5, 0.6) is 12.0 Å². The first-order valence-corrected chi connectivity index (χ1v) is 9.89. The Bertz CT molecular complexity index is 1200. The van der Waals surface area contributed by atoms with E-state index in [1.807, 2.05) is 60.7 Å². The van der Waals surface area contributed by atoms with Gasteiger partial charge in [0.05, 0.1) is 12.4 Å². The van der Waals surface area contributed by atoms with E-state index in [4.69, 9.17) is 15.2 Å². The monoisotopic (exact) mass is 466 g/mol. The van der Waals surface area contributed by atoms with Gasteiger partial charge in [-0.05, 0) is 11.1 Å². The van der Waals surface area contributed by atoms with Gasteiger partial charge in [0.2, 0.25) is 6.41 Å². The van der Waals surface area contributed by atoms with Crippen molar-refractivity contribution in [2.24, 2.45) is 0 Å². The van der Waals surface area contributed by atoms with Crippen molar-refractivity contribution in [3.05, 3.63) is 95.8 Å². The molecule has 11 heteroatoms. The molecule has 9 nitrogen and oxygen atoms in total. The number of halogens is 2. The number of nitrogens with two attached hydrogens (primary N) is 1. The molecule has 0 aliphatic heterocycles. The Morgan fingerprint density at radius 3 is 1.79 bits per heavy atom. The van der Waals surface area contributed by atoms with E-state index in [1.54, 1.807) is 0 Å². The molecule has 2 heterocycles. The van der Waals surface area contributed by atoms with E-state index in [2.05, 4.69) is 25.3 Å². The van der Waals surface area contributed by atoms with Crippen LogP contribution in [0.3, 0.4) is 0 Å². The summed E-state index contributed by atoms with van der Waals surface area (Å²) in [6.07, 6.45) is 2.27. The zero-order valence-electron chi connectivity index (χ0n) is 17.8. The van der Waals surface area contributed by atoms with Gasteiger partial charge in [-0.1, -0.05) is 60.7 Å². The van der Waals surface area contributed by atoms with Crippen LogP contribution in [0.1, 0.15) is 11.1 Å². The highest BCUT2D eigenvalue weighted by atomic mass is 19.1. The summed E-state index contributed by atoms with van der Waals surface area (Å²) in [5, 5.41) is 2.13. The average Bonchev–Trinajstić information content (AvgIpc) is 2.87. The van der Waals surface area contributed by atoms with Crippen molar-refractivity contribution >= 4 is 18.0 Å². The Morgan fingerprint density at radius 1 is 0.794 bits per heavy atom. The van der Waals surface area contributed by atoms with Gasteiger partial charge in [-0.15, -0.1) is 0 Å². The lowest BCUT2D eigenvalue weighted by Crippen LogP contribution is -2.05. The summed E-state index contributed by atoms with van der Waals surface area (Å²) in [6, 6.07) is 19.0. The van der Waals surface area contributed by atoms with E-state index in [-0.39, 0.29) is 30.3 Å². The topological polar surface area (TPSA) is 125 Å². The predicted octanol–water partition coefficient (Wildman–Crippen LogP) is 3.54. The van der Waals surface area contributed by atoms with Crippen LogP contribution in [-0.2, 0) is 18.0 Å². The Balaban J connectivity index is 0.000000192. The Morgan fingerprint density at radius 2 is 1.29 bits per heavy atom. The third-order valence-corrected chi connectivity index (χ3v) is 4.09. The molecule has 174 valence electrons. The third-order valence-electron chi connectivity index (χ3n) is 4.09. The van der Waals surface area contributed by atoms with Gasteiger partial charge in [0.15, 0.2) is 23.3 Å². The average molecular weight is 466 g/mol. The number of amides is 1. The molecule has 0 spiro atoms. The smallest absolute Gasteiger partial charge is 0.318 e. The van der Waals surface area contributed by atoms with Crippen molar-refractivity contribution in [3.8, 4) is 12.0 Å². The number of nitrogens with zero attached hydrogens (tertiary/aromatic N) is 4. The molecule has 2 aromatic carbocycles. The number of rotatable bonds is 8. The van der Waals surface area contributed by atoms with E-state index in [1.165, 1.54) is 0 Å². The molecule has 2 aromatic heterocycles. The maximum absolute atomic E-state index is 13.1. The molecule has 0 atom stereocenters. The number of carbonyl (C=O) groups excluding carboxylic acids is 1. The molecule has 0 fully saturated rings. The molecule has 0 aliphatic carbocycles. The fourth-order valence-corrected chi connectivity index (χ4v) is 2.45. The second kappa shape index (κ2) is 12.4. The molecule has 0 unspecified atom stereocenters. The summed E-state index contributed by atoms with van der Waals surface area (Å²) in [4.78, 5) is 25.0. The highest BCUT2D eigenvalue weighted by molar-refractivity contribution is 5.68. The SMILES string of the molecule is Nc1nc(OCc2ccccc2)ncc1F.O=CNc1nc(OCc2ccccc2)ncc1F. The zero-order valence-corrected chi connectivity index (χ0v) is 17.8. The molecule has 3 N–H and O–H groups in total. The highest BCUT2D eigenvalue weighted by Gasteiger charge is 2.07. The van der Waals surface area contributed by atoms with E-state index < -0.39 is 11.6 Å². The summed E-state index contributed by atoms with van der Waals surface area (Å²) in [7, 11) is 0. The minimum Gasteiger partial charge on any atom is -0.459 e. The minimum atomic E-state index is -0.714. The molecule has 0 bridgehead atoms. The van der Waals surface area contributed by atoms with Crippen LogP contribution in [0.2, 0.25) is 0 Å². The lowest BCUT2D eigenvalue weighted by Gasteiger charge is -2.05.